The van der Waals surface area contributed by atoms with E-state index in [0.29, 0.717) is 34.6 Å². The number of fused-ring (bicyclic) bond motifs is 5. The lowest BCUT2D eigenvalue weighted by Gasteiger charge is -2.20. The Balaban J connectivity index is 1.37. The zero-order valence-electron chi connectivity index (χ0n) is 16.7. The van der Waals surface area contributed by atoms with Gasteiger partial charge in [0, 0.05) is 5.56 Å². The van der Waals surface area contributed by atoms with E-state index in [1.165, 1.54) is 4.90 Å². The van der Waals surface area contributed by atoms with Crippen LogP contribution in [0.25, 0.3) is 0 Å². The molecule has 6 heteroatoms. The van der Waals surface area contributed by atoms with E-state index in [2.05, 4.69) is 0 Å². The van der Waals surface area contributed by atoms with E-state index in [-0.39, 0.29) is 36.0 Å². The van der Waals surface area contributed by atoms with Gasteiger partial charge >= 0.3 is 0 Å². The first-order valence-corrected chi connectivity index (χ1v) is 10.4. The third kappa shape index (κ3) is 2.90. The highest BCUT2D eigenvalue weighted by molar-refractivity contribution is 6.23. The van der Waals surface area contributed by atoms with Crippen LogP contribution < -0.4 is 14.4 Å². The molecule has 0 aromatic heterocycles. The molecular weight excluding hydrogens is 382 g/mol. The van der Waals surface area contributed by atoms with Crippen molar-refractivity contribution in [2.75, 3.05) is 18.6 Å². The van der Waals surface area contributed by atoms with E-state index in [1.807, 2.05) is 0 Å². The van der Waals surface area contributed by atoms with Crippen LogP contribution in [0.1, 0.15) is 29.6 Å². The molecule has 1 heterocycles. The van der Waals surface area contributed by atoms with Gasteiger partial charge in [-0.3, -0.25) is 14.4 Å². The zero-order chi connectivity index (χ0) is 20.8. The minimum Gasteiger partial charge on any atom is -0.497 e. The molecule has 154 valence electrons. The number of ketones is 1. The average Bonchev–Trinajstić information content (AvgIpc) is 3.46. The lowest BCUT2D eigenvalue weighted by molar-refractivity contribution is -0.123. The Morgan fingerprint density at radius 3 is 2.40 bits per heavy atom. The Morgan fingerprint density at radius 1 is 1.00 bits per heavy atom. The molecule has 0 N–H and O–H groups in total. The van der Waals surface area contributed by atoms with Crippen LogP contribution in [0.15, 0.2) is 48.5 Å². The van der Waals surface area contributed by atoms with Crippen LogP contribution >= 0.6 is 0 Å². The number of benzene rings is 2. The van der Waals surface area contributed by atoms with E-state index in [0.717, 1.165) is 19.3 Å². The Morgan fingerprint density at radius 2 is 1.70 bits per heavy atom. The molecule has 6 nitrogen and oxygen atoms in total. The Labute approximate surface area is 174 Å². The van der Waals surface area contributed by atoms with Crippen molar-refractivity contribution >= 4 is 23.3 Å². The first-order valence-electron chi connectivity index (χ1n) is 10.4. The molecule has 0 spiro atoms. The van der Waals surface area contributed by atoms with Gasteiger partial charge in [-0.1, -0.05) is 24.3 Å². The second kappa shape index (κ2) is 7.27. The predicted octanol–water partition coefficient (Wildman–Crippen LogP) is 3.49. The van der Waals surface area contributed by atoms with Gasteiger partial charge in [0.25, 0.3) is 0 Å². The van der Waals surface area contributed by atoms with Crippen molar-refractivity contribution in [2.45, 2.75) is 19.3 Å². The van der Waals surface area contributed by atoms with Crippen molar-refractivity contribution < 1.29 is 23.9 Å². The number of ether oxygens (including phenoxy) is 2. The molecule has 1 saturated heterocycles. The SMILES string of the molecule is COc1cccc(C(=O)COc2ccccc2N2C(=O)[C@@H]3[C@H]4CC[C@@H](C4)[C@@H]3C2=O)c1. The van der Waals surface area contributed by atoms with Crippen LogP contribution in [-0.4, -0.2) is 31.3 Å². The number of carbonyl (C=O) groups excluding carboxylic acids is 3. The fraction of sp³-hybridized carbons (Fsp3) is 0.375. The molecule has 2 aliphatic carbocycles. The fourth-order valence-corrected chi connectivity index (χ4v) is 5.43. The highest BCUT2D eigenvalue weighted by Crippen LogP contribution is 2.57. The van der Waals surface area contributed by atoms with Crippen LogP contribution in [0, 0.1) is 23.7 Å². The van der Waals surface area contributed by atoms with Crippen molar-refractivity contribution in [3.05, 3.63) is 54.1 Å². The standard InChI is InChI=1S/C24H23NO5/c1-29-17-6-4-5-14(12-17)19(26)13-30-20-8-3-2-7-18(20)25-23(27)21-15-9-10-16(11-15)22(21)24(25)28/h2-8,12,15-16,21-22H,9-11,13H2,1H3/t15-,16-,21-,22+/m0/s1. The van der Waals surface area contributed by atoms with Crippen molar-refractivity contribution in [1.82, 2.24) is 0 Å². The zero-order valence-corrected chi connectivity index (χ0v) is 16.7. The molecular formula is C24H23NO5. The monoisotopic (exact) mass is 405 g/mol. The highest BCUT2D eigenvalue weighted by atomic mass is 16.5. The van der Waals surface area contributed by atoms with Crippen molar-refractivity contribution in [3.8, 4) is 11.5 Å². The molecule has 2 amide bonds. The number of Topliss-reactive ketones (excluding diaryl/α,β-unsaturated/α-hetero) is 1. The summed E-state index contributed by atoms with van der Waals surface area (Å²) in [5.74, 6) is 0.773. The number of methoxy groups -OCH3 is 1. The number of para-hydroxylation sites is 2. The molecule has 2 aromatic rings. The summed E-state index contributed by atoms with van der Waals surface area (Å²) >= 11 is 0. The molecule has 1 aliphatic heterocycles. The van der Waals surface area contributed by atoms with Crippen LogP contribution in [0.5, 0.6) is 11.5 Å². The Hall–Kier alpha value is -3.15. The predicted molar refractivity (Wildman–Crippen MR) is 110 cm³/mol. The van der Waals surface area contributed by atoms with Gasteiger partial charge < -0.3 is 9.47 Å². The third-order valence-electron chi connectivity index (χ3n) is 6.78. The summed E-state index contributed by atoms with van der Waals surface area (Å²) in [6.45, 7) is -0.196. The summed E-state index contributed by atoms with van der Waals surface area (Å²) < 4.78 is 11.0. The molecule has 4 atom stereocenters. The first-order chi connectivity index (χ1) is 14.6. The van der Waals surface area contributed by atoms with E-state index in [9.17, 15) is 14.4 Å². The van der Waals surface area contributed by atoms with Crippen LogP contribution in [0.4, 0.5) is 5.69 Å². The molecule has 2 aromatic carbocycles. The lowest BCUT2D eigenvalue weighted by atomic mass is 9.81. The number of carbonyl (C=O) groups is 3. The molecule has 2 saturated carbocycles. The van der Waals surface area contributed by atoms with Crippen molar-refractivity contribution in [2.24, 2.45) is 23.7 Å². The molecule has 0 radical (unpaired) electrons. The molecule has 3 aliphatic rings. The van der Waals surface area contributed by atoms with Gasteiger partial charge in [-0.15, -0.1) is 0 Å². The molecule has 3 fully saturated rings. The summed E-state index contributed by atoms with van der Waals surface area (Å²) in [6, 6.07) is 13.8. The topological polar surface area (TPSA) is 72.9 Å². The van der Waals surface area contributed by atoms with Crippen LogP contribution in [0.3, 0.4) is 0 Å². The van der Waals surface area contributed by atoms with Gasteiger partial charge in [-0.2, -0.15) is 0 Å². The number of hydrogen-bond donors (Lipinski definition) is 0. The lowest BCUT2D eigenvalue weighted by Crippen LogP contribution is -2.33. The van der Waals surface area contributed by atoms with Gasteiger partial charge in [-0.25, -0.2) is 4.90 Å². The Bertz CT molecular complexity index is 1000. The number of anilines is 1. The van der Waals surface area contributed by atoms with Crippen molar-refractivity contribution in [3.63, 3.8) is 0 Å². The second-order valence-electron chi connectivity index (χ2n) is 8.31. The molecule has 0 unspecified atom stereocenters. The van der Waals surface area contributed by atoms with E-state index < -0.39 is 0 Å². The van der Waals surface area contributed by atoms with Gasteiger partial charge in [0.05, 0.1) is 24.6 Å². The number of nitrogens with zero attached hydrogens (tertiary/aromatic N) is 1. The summed E-state index contributed by atoms with van der Waals surface area (Å²) in [4.78, 5) is 40.1. The quantitative estimate of drug-likeness (QED) is 0.543. The van der Waals surface area contributed by atoms with Crippen LogP contribution in [0.2, 0.25) is 0 Å². The summed E-state index contributed by atoms with van der Waals surface area (Å²) in [6.07, 6.45) is 3.06. The third-order valence-corrected chi connectivity index (χ3v) is 6.78. The fourth-order valence-electron chi connectivity index (χ4n) is 5.43. The van der Waals surface area contributed by atoms with E-state index in [1.54, 1.807) is 55.6 Å². The molecule has 2 bridgehead atoms. The van der Waals surface area contributed by atoms with Crippen LogP contribution in [-0.2, 0) is 9.59 Å². The summed E-state index contributed by atoms with van der Waals surface area (Å²) in [5, 5.41) is 0. The van der Waals surface area contributed by atoms with Gasteiger partial charge in [0.15, 0.2) is 12.4 Å². The summed E-state index contributed by atoms with van der Waals surface area (Å²) in [5.41, 5.74) is 0.908. The highest BCUT2D eigenvalue weighted by Gasteiger charge is 2.61. The first kappa shape index (κ1) is 18.9. The maximum Gasteiger partial charge on any atom is 0.238 e. The largest absolute Gasteiger partial charge is 0.497 e. The number of amides is 2. The van der Waals surface area contributed by atoms with Gasteiger partial charge in [-0.05, 0) is 55.4 Å². The van der Waals surface area contributed by atoms with Crippen molar-refractivity contribution in [1.29, 1.82) is 0 Å². The summed E-state index contributed by atoms with van der Waals surface area (Å²) in [7, 11) is 1.54. The molecule has 5 rings (SSSR count). The van der Waals surface area contributed by atoms with Gasteiger partial charge in [0.2, 0.25) is 11.8 Å². The molecule has 30 heavy (non-hydrogen) atoms. The van der Waals surface area contributed by atoms with E-state index >= 15 is 0 Å². The Kier molecular flexibility index (Phi) is 4.57. The van der Waals surface area contributed by atoms with E-state index in [4.69, 9.17) is 9.47 Å². The minimum atomic E-state index is -0.210. The number of imide groups is 1. The second-order valence-corrected chi connectivity index (χ2v) is 8.31. The average molecular weight is 405 g/mol. The maximum absolute atomic E-state index is 13.1. The normalized spacial score (nSPS) is 26.8. The minimum absolute atomic E-state index is 0.118. The van der Waals surface area contributed by atoms with Gasteiger partial charge in [0.1, 0.15) is 11.5 Å². The maximum atomic E-state index is 13.1. The smallest absolute Gasteiger partial charge is 0.238 e. The number of rotatable bonds is 6. The number of hydrogen-bond acceptors (Lipinski definition) is 5.